The molecule has 0 radical (unpaired) electrons. The van der Waals surface area contributed by atoms with Gasteiger partial charge in [0.25, 0.3) is 0 Å². The van der Waals surface area contributed by atoms with Gasteiger partial charge in [0.15, 0.2) is 12.4 Å². The second-order valence-corrected chi connectivity index (χ2v) is 5.46. The Labute approximate surface area is 99.9 Å². The highest BCUT2D eigenvalue weighted by molar-refractivity contribution is 5.65. The summed E-state index contributed by atoms with van der Waals surface area (Å²) in [6.45, 7) is 15.9. The second-order valence-electron chi connectivity index (χ2n) is 5.46. The standard InChI is InChI=1S/C14H25N2/c1-7-9-11-16(10-8-2)14(6,15)12-13(3,4)5/h7-11H,1-2,12,15H2,3-6H3/q+1/b11-9-,16-10+. The molecule has 2 nitrogen and oxygen atoms in total. The van der Waals surface area contributed by atoms with E-state index in [2.05, 4.69) is 33.9 Å². The third kappa shape index (κ3) is 5.66. The van der Waals surface area contributed by atoms with Crippen LogP contribution < -0.4 is 5.73 Å². The highest BCUT2D eigenvalue weighted by atomic mass is 15.2. The maximum absolute atomic E-state index is 6.34. The zero-order chi connectivity index (χ0) is 12.8. The number of nitrogens with two attached hydrogens (primary N) is 1. The fourth-order valence-corrected chi connectivity index (χ4v) is 1.82. The van der Waals surface area contributed by atoms with Gasteiger partial charge < -0.3 is 0 Å². The molecule has 16 heavy (non-hydrogen) atoms. The lowest BCUT2D eigenvalue weighted by molar-refractivity contribution is -0.543. The van der Waals surface area contributed by atoms with Crippen molar-refractivity contribution in [3.8, 4) is 0 Å². The van der Waals surface area contributed by atoms with Crippen molar-refractivity contribution in [3.63, 3.8) is 0 Å². The smallest absolute Gasteiger partial charge is 0.216 e. The highest BCUT2D eigenvalue weighted by Gasteiger charge is 2.34. The molecule has 0 bridgehead atoms. The molecule has 0 aromatic heterocycles. The molecule has 0 heterocycles. The molecular weight excluding hydrogens is 196 g/mol. The Balaban J connectivity index is 5.04. The van der Waals surface area contributed by atoms with Crippen molar-refractivity contribution in [1.82, 2.24) is 0 Å². The van der Waals surface area contributed by atoms with Gasteiger partial charge in [0.05, 0.1) is 0 Å². The molecule has 90 valence electrons. The minimum atomic E-state index is -0.425. The SMILES string of the molecule is C=C/C=C\[N+](=C/C=C)C(C)(N)CC(C)(C)C. The predicted octanol–water partition coefficient (Wildman–Crippen LogP) is 3.07. The van der Waals surface area contributed by atoms with E-state index in [0.717, 1.165) is 6.42 Å². The topological polar surface area (TPSA) is 29.0 Å². The number of rotatable bonds is 5. The van der Waals surface area contributed by atoms with Crippen molar-refractivity contribution in [2.24, 2.45) is 11.1 Å². The van der Waals surface area contributed by atoms with Crippen LogP contribution in [-0.2, 0) is 0 Å². The maximum atomic E-state index is 6.34. The molecule has 0 spiro atoms. The summed E-state index contributed by atoms with van der Waals surface area (Å²) in [5, 5.41) is 0. The first-order valence-corrected chi connectivity index (χ1v) is 5.55. The molecular formula is C14H25N2+. The Hall–Kier alpha value is -1.15. The third-order valence-corrected chi connectivity index (χ3v) is 2.13. The van der Waals surface area contributed by atoms with E-state index in [1.165, 1.54) is 0 Å². The zero-order valence-electron chi connectivity index (χ0n) is 11.0. The van der Waals surface area contributed by atoms with Gasteiger partial charge in [-0.3, -0.25) is 5.73 Å². The molecule has 0 saturated heterocycles. The van der Waals surface area contributed by atoms with Gasteiger partial charge >= 0.3 is 0 Å². The summed E-state index contributed by atoms with van der Waals surface area (Å²) in [6, 6.07) is 0. The van der Waals surface area contributed by atoms with Crippen LogP contribution in [0.4, 0.5) is 0 Å². The molecule has 0 aliphatic rings. The van der Waals surface area contributed by atoms with Gasteiger partial charge in [0.1, 0.15) is 0 Å². The van der Waals surface area contributed by atoms with Crippen LogP contribution in [0, 0.1) is 5.41 Å². The van der Waals surface area contributed by atoms with Crippen LogP contribution in [0.3, 0.4) is 0 Å². The summed E-state index contributed by atoms with van der Waals surface area (Å²) in [4.78, 5) is 0. The van der Waals surface area contributed by atoms with Crippen molar-refractivity contribution in [1.29, 1.82) is 0 Å². The van der Waals surface area contributed by atoms with Crippen molar-refractivity contribution in [2.45, 2.75) is 39.8 Å². The van der Waals surface area contributed by atoms with Gasteiger partial charge in [0, 0.05) is 19.4 Å². The molecule has 0 aromatic carbocycles. The predicted molar refractivity (Wildman–Crippen MR) is 72.5 cm³/mol. The molecule has 2 N–H and O–H groups in total. The average molecular weight is 221 g/mol. The molecule has 0 saturated carbocycles. The van der Waals surface area contributed by atoms with Crippen LogP contribution in [0.25, 0.3) is 0 Å². The molecule has 1 unspecified atom stereocenters. The van der Waals surface area contributed by atoms with Gasteiger partial charge in [-0.15, -0.1) is 0 Å². The number of hydrogen-bond donors (Lipinski definition) is 1. The van der Waals surface area contributed by atoms with E-state index in [-0.39, 0.29) is 5.41 Å². The van der Waals surface area contributed by atoms with Crippen molar-refractivity contribution < 1.29 is 4.58 Å². The van der Waals surface area contributed by atoms with Gasteiger partial charge in [-0.05, 0) is 11.5 Å². The van der Waals surface area contributed by atoms with Crippen LogP contribution in [-0.4, -0.2) is 16.5 Å². The van der Waals surface area contributed by atoms with Crippen molar-refractivity contribution >= 4 is 6.21 Å². The Morgan fingerprint density at radius 3 is 2.06 bits per heavy atom. The highest BCUT2D eigenvalue weighted by Crippen LogP contribution is 2.26. The fraction of sp³-hybridized carbons (Fsp3) is 0.500. The summed E-state index contributed by atoms with van der Waals surface area (Å²) < 4.78 is 1.97. The van der Waals surface area contributed by atoms with Gasteiger partial charge in [-0.2, -0.15) is 4.58 Å². The number of nitrogens with zero attached hydrogens (tertiary/aromatic N) is 1. The third-order valence-electron chi connectivity index (χ3n) is 2.13. The van der Waals surface area contributed by atoms with E-state index in [1.54, 1.807) is 12.2 Å². The lowest BCUT2D eigenvalue weighted by Gasteiger charge is -2.28. The molecule has 0 amide bonds. The molecule has 1 atom stereocenters. The Kier molecular flexibility index (Phi) is 5.39. The lowest BCUT2D eigenvalue weighted by Crippen LogP contribution is -2.48. The fourth-order valence-electron chi connectivity index (χ4n) is 1.82. The van der Waals surface area contributed by atoms with E-state index in [4.69, 9.17) is 5.73 Å². The Bertz CT molecular complexity index is 301. The molecule has 0 aliphatic carbocycles. The largest absolute Gasteiger partial charge is 0.270 e. The average Bonchev–Trinajstić information content (AvgIpc) is 2.07. The van der Waals surface area contributed by atoms with Crippen molar-refractivity contribution in [3.05, 3.63) is 37.6 Å². The van der Waals surface area contributed by atoms with Gasteiger partial charge in [0.2, 0.25) is 5.66 Å². The minimum Gasteiger partial charge on any atom is -0.270 e. The Morgan fingerprint density at radius 2 is 1.69 bits per heavy atom. The van der Waals surface area contributed by atoms with Crippen LogP contribution in [0.15, 0.2) is 37.6 Å². The van der Waals surface area contributed by atoms with E-state index in [9.17, 15) is 0 Å². The van der Waals surface area contributed by atoms with Crippen molar-refractivity contribution in [2.75, 3.05) is 0 Å². The molecule has 0 aliphatic heterocycles. The summed E-state index contributed by atoms with van der Waals surface area (Å²) in [5.41, 5.74) is 6.09. The van der Waals surface area contributed by atoms with E-state index >= 15 is 0 Å². The van der Waals surface area contributed by atoms with Crippen LogP contribution in [0.1, 0.15) is 34.1 Å². The van der Waals surface area contributed by atoms with Gasteiger partial charge in [-0.25, -0.2) is 0 Å². The first-order chi connectivity index (χ1) is 7.23. The van der Waals surface area contributed by atoms with Gasteiger partial charge in [-0.1, -0.05) is 40.0 Å². The van der Waals surface area contributed by atoms with E-state index in [0.29, 0.717) is 0 Å². The lowest BCUT2D eigenvalue weighted by atomic mass is 9.85. The summed E-state index contributed by atoms with van der Waals surface area (Å²) in [6.07, 6.45) is 10.0. The number of allylic oxidation sites excluding steroid dienone is 3. The first-order valence-electron chi connectivity index (χ1n) is 5.55. The van der Waals surface area contributed by atoms with Crippen LogP contribution >= 0.6 is 0 Å². The normalized spacial score (nSPS) is 17.2. The Morgan fingerprint density at radius 1 is 1.12 bits per heavy atom. The zero-order valence-corrected chi connectivity index (χ0v) is 11.0. The van der Waals surface area contributed by atoms with Crippen LogP contribution in [0.2, 0.25) is 0 Å². The number of hydrogen-bond acceptors (Lipinski definition) is 1. The summed E-state index contributed by atoms with van der Waals surface area (Å²) in [7, 11) is 0. The monoisotopic (exact) mass is 221 g/mol. The molecule has 0 fully saturated rings. The van der Waals surface area contributed by atoms with E-state index < -0.39 is 5.66 Å². The van der Waals surface area contributed by atoms with E-state index in [1.807, 2.05) is 30.0 Å². The summed E-state index contributed by atoms with van der Waals surface area (Å²) >= 11 is 0. The quantitative estimate of drug-likeness (QED) is 0.329. The first kappa shape index (κ1) is 14.8. The molecule has 0 aromatic rings. The maximum Gasteiger partial charge on any atom is 0.216 e. The summed E-state index contributed by atoms with van der Waals surface area (Å²) in [5.74, 6) is 0. The molecule has 0 rings (SSSR count). The minimum absolute atomic E-state index is 0.179. The second kappa shape index (κ2) is 5.80. The molecule has 2 heteroatoms. The van der Waals surface area contributed by atoms with Crippen LogP contribution in [0.5, 0.6) is 0 Å².